The quantitative estimate of drug-likeness (QED) is 0.435. The first-order chi connectivity index (χ1) is 12.6. The summed E-state index contributed by atoms with van der Waals surface area (Å²) in [5, 5.41) is 17.9. The maximum Gasteiger partial charge on any atom is 0.236 e. The summed E-state index contributed by atoms with van der Waals surface area (Å²) >= 11 is 1.61. The van der Waals surface area contributed by atoms with E-state index in [0.717, 1.165) is 42.5 Å². The molecule has 0 aromatic carbocycles. The Morgan fingerprint density at radius 1 is 1.38 bits per heavy atom. The molecule has 0 saturated carbocycles. The van der Waals surface area contributed by atoms with Crippen LogP contribution in [0.15, 0.2) is 33.2 Å². The van der Waals surface area contributed by atoms with E-state index in [-0.39, 0.29) is 6.61 Å². The van der Waals surface area contributed by atoms with Crippen molar-refractivity contribution in [3.63, 3.8) is 0 Å². The van der Waals surface area contributed by atoms with Gasteiger partial charge in [-0.15, -0.1) is 11.3 Å². The van der Waals surface area contributed by atoms with Crippen molar-refractivity contribution in [2.24, 2.45) is 16.8 Å². The summed E-state index contributed by atoms with van der Waals surface area (Å²) in [5.41, 5.74) is 0.805. The number of aromatic nitrogens is 1. The molecule has 0 amide bonds. The first-order valence-electron chi connectivity index (χ1n) is 9.23. The maximum atomic E-state index is 9.26. The zero-order valence-electron chi connectivity index (χ0n) is 15.9. The Hall–Kier alpha value is -1.86. The minimum atomic E-state index is 0.219. The van der Waals surface area contributed by atoms with Crippen molar-refractivity contribution in [1.29, 1.82) is 0 Å². The zero-order valence-corrected chi connectivity index (χ0v) is 16.7. The van der Waals surface area contributed by atoms with E-state index in [2.05, 4.69) is 34.5 Å². The topological polar surface area (TPSA) is 82.7 Å². The molecule has 1 unspecified atom stereocenters. The molecular formula is C19H30N4O2S. The van der Waals surface area contributed by atoms with E-state index in [1.54, 1.807) is 17.6 Å². The van der Waals surface area contributed by atoms with E-state index in [1.807, 2.05) is 24.4 Å². The van der Waals surface area contributed by atoms with Crippen LogP contribution in [-0.4, -0.2) is 35.7 Å². The summed E-state index contributed by atoms with van der Waals surface area (Å²) in [6.07, 6.45) is 3.55. The molecule has 26 heavy (non-hydrogen) atoms. The van der Waals surface area contributed by atoms with Crippen LogP contribution < -0.4 is 10.6 Å². The molecule has 2 heterocycles. The SMILES string of the molecule is CCNC(=NCc1coc(-c2cccs2)n1)NCC(CCO)CC(C)C. The smallest absolute Gasteiger partial charge is 0.236 e. The first-order valence-corrected chi connectivity index (χ1v) is 10.1. The number of rotatable bonds is 10. The predicted molar refractivity (Wildman–Crippen MR) is 107 cm³/mol. The molecular weight excluding hydrogens is 348 g/mol. The van der Waals surface area contributed by atoms with Crippen LogP contribution in [0.5, 0.6) is 0 Å². The summed E-state index contributed by atoms with van der Waals surface area (Å²) in [6, 6.07) is 3.97. The van der Waals surface area contributed by atoms with Crippen LogP contribution in [0.3, 0.4) is 0 Å². The summed E-state index contributed by atoms with van der Waals surface area (Å²) in [7, 11) is 0. The minimum Gasteiger partial charge on any atom is -0.443 e. The predicted octanol–water partition coefficient (Wildman–Crippen LogP) is 3.50. The highest BCUT2D eigenvalue weighted by molar-refractivity contribution is 7.13. The summed E-state index contributed by atoms with van der Waals surface area (Å²) in [5.74, 6) is 2.45. The Labute approximate surface area is 159 Å². The molecule has 0 fully saturated rings. The average molecular weight is 379 g/mol. The van der Waals surface area contributed by atoms with Gasteiger partial charge in [-0.1, -0.05) is 19.9 Å². The standard InChI is InChI=1S/C19H30N4O2S/c1-4-20-19(21-11-15(7-8-24)10-14(2)3)22-12-16-13-25-18(23-16)17-6-5-9-26-17/h5-6,9,13-15,24H,4,7-8,10-12H2,1-3H3,(H2,20,21,22). The second-order valence-corrected chi connectivity index (χ2v) is 7.65. The average Bonchev–Trinajstić information content (AvgIpc) is 3.28. The van der Waals surface area contributed by atoms with E-state index in [0.29, 0.717) is 24.3 Å². The third-order valence-corrected chi connectivity index (χ3v) is 4.79. The van der Waals surface area contributed by atoms with Crippen LogP contribution in [0.2, 0.25) is 0 Å². The van der Waals surface area contributed by atoms with Crippen molar-refractivity contribution < 1.29 is 9.52 Å². The lowest BCUT2D eigenvalue weighted by Crippen LogP contribution is -2.40. The Morgan fingerprint density at radius 3 is 2.88 bits per heavy atom. The molecule has 2 aromatic heterocycles. The Morgan fingerprint density at radius 2 is 2.23 bits per heavy atom. The fraction of sp³-hybridized carbons (Fsp3) is 0.579. The second-order valence-electron chi connectivity index (χ2n) is 6.71. The van der Waals surface area contributed by atoms with Gasteiger partial charge in [-0.3, -0.25) is 0 Å². The molecule has 144 valence electrons. The number of aliphatic hydroxyl groups excluding tert-OH is 1. The molecule has 3 N–H and O–H groups in total. The van der Waals surface area contributed by atoms with Crippen molar-refractivity contribution in [3.05, 3.63) is 29.5 Å². The fourth-order valence-electron chi connectivity index (χ4n) is 2.79. The molecule has 0 aliphatic carbocycles. The van der Waals surface area contributed by atoms with Gasteiger partial charge in [0, 0.05) is 19.7 Å². The number of aliphatic imine (C=N–C) groups is 1. The highest BCUT2D eigenvalue weighted by Gasteiger charge is 2.12. The molecule has 1 atom stereocenters. The van der Waals surface area contributed by atoms with Crippen molar-refractivity contribution in [2.75, 3.05) is 19.7 Å². The fourth-order valence-corrected chi connectivity index (χ4v) is 3.44. The molecule has 0 bridgehead atoms. The van der Waals surface area contributed by atoms with Gasteiger partial charge in [0.25, 0.3) is 0 Å². The molecule has 7 heteroatoms. The number of nitrogens with zero attached hydrogens (tertiary/aromatic N) is 2. The monoisotopic (exact) mass is 378 g/mol. The number of nitrogens with one attached hydrogen (secondary N) is 2. The summed E-state index contributed by atoms with van der Waals surface area (Å²) < 4.78 is 5.54. The van der Waals surface area contributed by atoms with E-state index < -0.39 is 0 Å². The Balaban J connectivity index is 1.93. The van der Waals surface area contributed by atoms with Gasteiger partial charge in [0.1, 0.15) is 12.0 Å². The van der Waals surface area contributed by atoms with Gasteiger partial charge in [-0.2, -0.15) is 0 Å². The van der Waals surface area contributed by atoms with Gasteiger partial charge in [0.05, 0.1) is 11.4 Å². The van der Waals surface area contributed by atoms with Crippen LogP contribution in [0.25, 0.3) is 10.8 Å². The highest BCUT2D eigenvalue weighted by Crippen LogP contribution is 2.23. The number of aliphatic hydroxyl groups is 1. The first kappa shape index (κ1) is 20.5. The van der Waals surface area contributed by atoms with Crippen LogP contribution >= 0.6 is 11.3 Å². The molecule has 0 spiro atoms. The summed E-state index contributed by atoms with van der Waals surface area (Å²) in [4.78, 5) is 10.1. The summed E-state index contributed by atoms with van der Waals surface area (Å²) in [6.45, 7) is 8.72. The van der Waals surface area contributed by atoms with Gasteiger partial charge in [-0.05, 0) is 43.0 Å². The molecule has 6 nitrogen and oxygen atoms in total. The lowest BCUT2D eigenvalue weighted by Gasteiger charge is -2.20. The van der Waals surface area contributed by atoms with Crippen molar-refractivity contribution in [1.82, 2.24) is 15.6 Å². The van der Waals surface area contributed by atoms with E-state index >= 15 is 0 Å². The van der Waals surface area contributed by atoms with Crippen molar-refractivity contribution in [3.8, 4) is 10.8 Å². The third kappa shape index (κ3) is 6.80. The molecule has 0 radical (unpaired) electrons. The van der Waals surface area contributed by atoms with Crippen LogP contribution in [0.1, 0.15) is 39.3 Å². The number of oxazole rings is 1. The molecule has 0 saturated heterocycles. The normalized spacial score (nSPS) is 13.2. The third-order valence-electron chi connectivity index (χ3n) is 3.93. The van der Waals surface area contributed by atoms with Gasteiger partial charge in [0.2, 0.25) is 5.89 Å². The lowest BCUT2D eigenvalue weighted by molar-refractivity contribution is 0.243. The maximum absolute atomic E-state index is 9.26. The van der Waals surface area contributed by atoms with Gasteiger partial charge in [-0.25, -0.2) is 9.98 Å². The second kappa shape index (κ2) is 11.0. The van der Waals surface area contributed by atoms with Crippen LogP contribution in [-0.2, 0) is 6.54 Å². The number of thiophene rings is 1. The molecule has 0 aliphatic heterocycles. The van der Waals surface area contributed by atoms with Crippen molar-refractivity contribution >= 4 is 17.3 Å². The minimum absolute atomic E-state index is 0.219. The van der Waals surface area contributed by atoms with E-state index in [4.69, 9.17) is 4.42 Å². The number of hydrogen-bond acceptors (Lipinski definition) is 5. The van der Waals surface area contributed by atoms with Crippen LogP contribution in [0.4, 0.5) is 0 Å². The molecule has 2 rings (SSSR count). The molecule has 0 aliphatic rings. The Kier molecular flexibility index (Phi) is 8.64. The zero-order chi connectivity index (χ0) is 18.8. The van der Waals surface area contributed by atoms with Gasteiger partial charge >= 0.3 is 0 Å². The number of guanidine groups is 1. The van der Waals surface area contributed by atoms with Crippen molar-refractivity contribution in [2.45, 2.75) is 40.2 Å². The van der Waals surface area contributed by atoms with Gasteiger partial charge in [0.15, 0.2) is 5.96 Å². The molecule has 2 aromatic rings. The number of hydrogen-bond donors (Lipinski definition) is 3. The van der Waals surface area contributed by atoms with Crippen LogP contribution in [0, 0.1) is 11.8 Å². The van der Waals surface area contributed by atoms with E-state index in [1.165, 1.54) is 0 Å². The largest absolute Gasteiger partial charge is 0.443 e. The lowest BCUT2D eigenvalue weighted by atomic mass is 9.94. The van der Waals surface area contributed by atoms with Gasteiger partial charge < -0.3 is 20.2 Å². The highest BCUT2D eigenvalue weighted by atomic mass is 32.1. The van der Waals surface area contributed by atoms with E-state index in [9.17, 15) is 5.11 Å². The Bertz CT molecular complexity index is 652.